The Bertz CT molecular complexity index is 1210. The molecule has 1 aliphatic carbocycles. The van der Waals surface area contributed by atoms with Crippen molar-refractivity contribution in [1.29, 1.82) is 0 Å². The number of nitrogens with one attached hydrogen (secondary N) is 1. The van der Waals surface area contributed by atoms with Gasteiger partial charge in [-0.2, -0.15) is 0 Å². The molecule has 2 aromatic rings. The highest BCUT2D eigenvalue weighted by Gasteiger charge is 2.56. The minimum atomic E-state index is -1.21. The van der Waals surface area contributed by atoms with Gasteiger partial charge in [0.05, 0.1) is 6.04 Å². The van der Waals surface area contributed by atoms with Crippen LogP contribution in [0.4, 0.5) is 17.6 Å². The fourth-order valence-electron chi connectivity index (χ4n) is 5.14. The van der Waals surface area contributed by atoms with Crippen LogP contribution in [0.2, 0.25) is 0 Å². The molecule has 1 aromatic carbocycles. The molecule has 2 unspecified atom stereocenters. The summed E-state index contributed by atoms with van der Waals surface area (Å²) in [4.78, 5) is 39.6. The molecule has 2 fully saturated rings. The first-order chi connectivity index (χ1) is 15.2. The minimum absolute atomic E-state index is 0.0952. The smallest absolute Gasteiger partial charge is 0.275 e. The van der Waals surface area contributed by atoms with Crippen molar-refractivity contribution >= 4 is 11.8 Å². The molecule has 4 atom stereocenters. The summed E-state index contributed by atoms with van der Waals surface area (Å²) in [5.74, 6) is -6.47. The highest BCUT2D eigenvalue weighted by atomic mass is 19.1. The molecule has 2 bridgehead atoms. The van der Waals surface area contributed by atoms with E-state index in [1.165, 1.54) is 9.47 Å². The molecule has 5 rings (SSSR count). The highest BCUT2D eigenvalue weighted by molar-refractivity contribution is 5.99. The van der Waals surface area contributed by atoms with Crippen molar-refractivity contribution in [3.63, 3.8) is 0 Å². The number of carbonyl (C=O) groups excluding carboxylic acids is 2. The topological polar surface area (TPSA) is 91.6 Å². The van der Waals surface area contributed by atoms with E-state index in [1.54, 1.807) is 0 Å². The predicted octanol–water partition coefficient (Wildman–Crippen LogP) is 1.86. The molecule has 1 aromatic heterocycles. The second kappa shape index (κ2) is 7.07. The predicted molar refractivity (Wildman–Crippen MR) is 101 cm³/mol. The van der Waals surface area contributed by atoms with Crippen molar-refractivity contribution in [2.45, 2.75) is 44.2 Å². The van der Waals surface area contributed by atoms with E-state index in [2.05, 4.69) is 5.32 Å². The van der Waals surface area contributed by atoms with Crippen molar-refractivity contribution in [2.75, 3.05) is 0 Å². The lowest BCUT2D eigenvalue weighted by molar-refractivity contribution is 0.0350. The van der Waals surface area contributed by atoms with Crippen molar-refractivity contribution in [3.05, 3.63) is 62.8 Å². The van der Waals surface area contributed by atoms with Crippen LogP contribution in [0.3, 0.4) is 0 Å². The maximum absolute atomic E-state index is 14.2. The molecule has 168 valence electrons. The maximum atomic E-state index is 14.2. The molecule has 2 amide bonds. The Hall–Kier alpha value is -3.37. The van der Waals surface area contributed by atoms with E-state index in [1.807, 2.05) is 0 Å². The fourth-order valence-corrected chi connectivity index (χ4v) is 5.14. The normalized spacial score (nSPS) is 25.6. The van der Waals surface area contributed by atoms with Gasteiger partial charge in [-0.05, 0) is 12.8 Å². The van der Waals surface area contributed by atoms with E-state index in [0.29, 0.717) is 18.6 Å². The zero-order valence-electron chi connectivity index (χ0n) is 16.4. The van der Waals surface area contributed by atoms with Crippen molar-refractivity contribution < 1.29 is 32.3 Å². The van der Waals surface area contributed by atoms with Gasteiger partial charge < -0.3 is 19.9 Å². The number of carbonyl (C=O) groups is 2. The molecule has 3 aliphatic rings. The number of hydrogen-bond donors (Lipinski definition) is 2. The van der Waals surface area contributed by atoms with Crippen LogP contribution in [-0.4, -0.2) is 44.6 Å². The third-order valence-corrected chi connectivity index (χ3v) is 6.60. The first-order valence-electron chi connectivity index (χ1n) is 10.0. The lowest BCUT2D eigenvalue weighted by Gasteiger charge is -2.41. The number of benzene rings is 1. The molecule has 2 aliphatic heterocycles. The summed E-state index contributed by atoms with van der Waals surface area (Å²) >= 11 is 0. The molecule has 2 N–H and O–H groups in total. The number of rotatable bonds is 3. The van der Waals surface area contributed by atoms with Crippen LogP contribution in [-0.2, 0) is 13.1 Å². The summed E-state index contributed by atoms with van der Waals surface area (Å²) in [6.45, 7) is -0.584. The van der Waals surface area contributed by atoms with Crippen LogP contribution in [0.1, 0.15) is 39.3 Å². The van der Waals surface area contributed by atoms with Gasteiger partial charge in [0.25, 0.3) is 11.8 Å². The summed E-state index contributed by atoms with van der Waals surface area (Å²) < 4.78 is 56.1. The second-order valence-corrected chi connectivity index (χ2v) is 8.34. The van der Waals surface area contributed by atoms with Crippen LogP contribution in [0.5, 0.6) is 5.75 Å². The molecule has 0 spiro atoms. The van der Waals surface area contributed by atoms with Gasteiger partial charge in [-0.25, -0.2) is 17.6 Å². The third kappa shape index (κ3) is 2.90. The second-order valence-electron chi connectivity index (χ2n) is 8.34. The van der Waals surface area contributed by atoms with Gasteiger partial charge in [-0.15, -0.1) is 0 Å². The van der Waals surface area contributed by atoms with E-state index in [0.717, 1.165) is 6.20 Å². The summed E-state index contributed by atoms with van der Waals surface area (Å²) in [7, 11) is 0. The monoisotopic (exact) mass is 451 g/mol. The van der Waals surface area contributed by atoms with Crippen molar-refractivity contribution in [2.24, 2.45) is 5.92 Å². The number of piperidine rings is 1. The summed E-state index contributed by atoms with van der Waals surface area (Å²) in [6, 6.07) is 0.160. The van der Waals surface area contributed by atoms with Gasteiger partial charge in [-0.3, -0.25) is 14.4 Å². The quantitative estimate of drug-likeness (QED) is 0.697. The minimum Gasteiger partial charge on any atom is -0.503 e. The molecule has 11 heteroatoms. The standard InChI is InChI=1S/C21H17F4N3O4/c22-8-1-13(23)11(14(24)2-8)5-26-20(31)12-6-27-7-16-10-3-9(4-15(10)25)28(16)21(32)17(27)19(30)18(12)29/h1-2,6,9-10,15-16,30H,3-5,7H2,(H,26,31)/t9?,10?,15-,16+/m1/s1. The molecular formula is C21H17F4N3O4. The zero-order chi connectivity index (χ0) is 22.9. The van der Waals surface area contributed by atoms with Gasteiger partial charge in [-0.1, -0.05) is 0 Å². The average molecular weight is 451 g/mol. The molecule has 1 saturated heterocycles. The highest BCUT2D eigenvalue weighted by Crippen LogP contribution is 2.47. The van der Waals surface area contributed by atoms with Crippen molar-refractivity contribution in [3.8, 4) is 5.75 Å². The van der Waals surface area contributed by atoms with Crippen LogP contribution >= 0.6 is 0 Å². The Morgan fingerprint density at radius 2 is 1.84 bits per heavy atom. The number of aromatic hydroxyl groups is 1. The lowest BCUT2D eigenvalue weighted by Crippen LogP contribution is -2.54. The number of alkyl halides is 1. The molecule has 3 heterocycles. The Labute approximate surface area is 178 Å². The number of pyridine rings is 1. The number of halogens is 4. The van der Waals surface area contributed by atoms with E-state index in [4.69, 9.17) is 0 Å². The largest absolute Gasteiger partial charge is 0.503 e. The first kappa shape index (κ1) is 20.5. The van der Waals surface area contributed by atoms with Gasteiger partial charge in [0.2, 0.25) is 5.43 Å². The van der Waals surface area contributed by atoms with Gasteiger partial charge in [0.15, 0.2) is 11.4 Å². The summed E-state index contributed by atoms with van der Waals surface area (Å²) in [6.07, 6.45) is 0.749. The van der Waals surface area contributed by atoms with E-state index >= 15 is 0 Å². The number of amides is 2. The SMILES string of the molecule is O=C(NCc1c(F)cc(F)cc1F)c1cn2c(c(O)c1=O)C(=O)N1C3CC([C@H](F)C3)[C@@H]1C2. The molecular weight excluding hydrogens is 434 g/mol. The van der Waals surface area contributed by atoms with Crippen LogP contribution in [0, 0.1) is 23.4 Å². The number of aromatic nitrogens is 1. The fraction of sp³-hybridized carbons (Fsp3) is 0.381. The Morgan fingerprint density at radius 1 is 1.16 bits per heavy atom. The van der Waals surface area contributed by atoms with Crippen LogP contribution in [0.15, 0.2) is 23.1 Å². The molecule has 7 nitrogen and oxygen atoms in total. The Morgan fingerprint density at radius 3 is 2.53 bits per heavy atom. The molecule has 1 saturated carbocycles. The maximum Gasteiger partial charge on any atom is 0.275 e. The van der Waals surface area contributed by atoms with Gasteiger partial charge >= 0.3 is 0 Å². The Kier molecular flexibility index (Phi) is 4.54. The number of hydrogen-bond acceptors (Lipinski definition) is 4. The average Bonchev–Trinajstić information content (AvgIpc) is 3.26. The van der Waals surface area contributed by atoms with E-state index in [-0.39, 0.29) is 30.6 Å². The third-order valence-electron chi connectivity index (χ3n) is 6.60. The van der Waals surface area contributed by atoms with Crippen molar-refractivity contribution in [1.82, 2.24) is 14.8 Å². The molecule has 0 radical (unpaired) electrons. The summed E-state index contributed by atoms with van der Waals surface area (Å²) in [5.41, 5.74) is -2.55. The lowest BCUT2D eigenvalue weighted by atomic mass is 9.94. The number of nitrogens with zero attached hydrogens (tertiary/aromatic N) is 2. The van der Waals surface area contributed by atoms with Crippen LogP contribution < -0.4 is 10.7 Å². The first-order valence-corrected chi connectivity index (χ1v) is 10.0. The van der Waals surface area contributed by atoms with E-state index in [9.17, 15) is 37.1 Å². The van der Waals surface area contributed by atoms with Gasteiger partial charge in [0, 0.05) is 48.9 Å². The number of fused-ring (bicyclic) bond motifs is 6. The van der Waals surface area contributed by atoms with E-state index < -0.39 is 70.3 Å². The van der Waals surface area contributed by atoms with Gasteiger partial charge in [0.1, 0.15) is 29.2 Å². The Balaban J connectivity index is 1.45. The molecule has 32 heavy (non-hydrogen) atoms. The summed E-state index contributed by atoms with van der Waals surface area (Å²) in [5, 5.41) is 12.6. The van der Waals surface area contributed by atoms with Crippen LogP contribution in [0.25, 0.3) is 0 Å². The zero-order valence-corrected chi connectivity index (χ0v) is 16.4.